The lowest BCUT2D eigenvalue weighted by molar-refractivity contribution is -0.115. The predicted molar refractivity (Wildman–Crippen MR) is 131 cm³/mol. The lowest BCUT2D eigenvalue weighted by Gasteiger charge is -2.27. The van der Waals surface area contributed by atoms with Gasteiger partial charge in [-0.1, -0.05) is 31.2 Å². The highest BCUT2D eigenvalue weighted by Crippen LogP contribution is 2.26. The molecule has 0 bridgehead atoms. The number of amides is 1. The highest BCUT2D eigenvalue weighted by atomic mass is 32.2. The molecule has 1 amide bonds. The largest absolute Gasteiger partial charge is 0.485 e. The number of benzene rings is 3. The summed E-state index contributed by atoms with van der Waals surface area (Å²) in [7, 11) is 0. The molecule has 3 aromatic carbocycles. The van der Waals surface area contributed by atoms with E-state index in [-0.39, 0.29) is 11.7 Å². The summed E-state index contributed by atoms with van der Waals surface area (Å²) in [5, 5.41) is 2.93. The van der Waals surface area contributed by atoms with Crippen LogP contribution in [-0.2, 0) is 17.6 Å². The average molecular weight is 470 g/mol. The third-order valence-electron chi connectivity index (χ3n) is 5.13. The third kappa shape index (κ3) is 7.90. The maximum Gasteiger partial charge on any atom is 0.228 e. The van der Waals surface area contributed by atoms with E-state index in [4.69, 9.17) is 4.74 Å². The van der Waals surface area contributed by atoms with Gasteiger partial charge in [-0.2, -0.15) is 0 Å². The molecule has 0 radical (unpaired) electrons. The predicted octanol–water partition coefficient (Wildman–Crippen LogP) is 7.05. The molecule has 0 aliphatic rings. The summed E-state index contributed by atoms with van der Waals surface area (Å²) < 4.78 is 32.7. The van der Waals surface area contributed by atoms with Crippen molar-refractivity contribution in [2.45, 2.75) is 50.5 Å². The minimum atomic E-state index is -0.709. The van der Waals surface area contributed by atoms with Crippen LogP contribution in [0.15, 0.2) is 71.6 Å². The van der Waals surface area contributed by atoms with Crippen LogP contribution in [0.3, 0.4) is 0 Å². The maximum atomic E-state index is 13.9. The monoisotopic (exact) mass is 469 g/mol. The van der Waals surface area contributed by atoms with Gasteiger partial charge < -0.3 is 10.1 Å². The van der Waals surface area contributed by atoms with E-state index < -0.39 is 17.2 Å². The number of halogens is 2. The molecule has 174 valence electrons. The Morgan fingerprint density at radius 1 is 0.970 bits per heavy atom. The normalized spacial score (nSPS) is 11.3. The van der Waals surface area contributed by atoms with Crippen LogP contribution in [-0.4, -0.2) is 17.3 Å². The fourth-order valence-electron chi connectivity index (χ4n) is 3.37. The molecule has 6 heteroatoms. The van der Waals surface area contributed by atoms with Gasteiger partial charge in [-0.05, 0) is 80.0 Å². The zero-order valence-electron chi connectivity index (χ0n) is 19.2. The Morgan fingerprint density at radius 3 is 2.27 bits per heavy atom. The summed E-state index contributed by atoms with van der Waals surface area (Å²) in [4.78, 5) is 13.6. The summed E-state index contributed by atoms with van der Waals surface area (Å²) in [6, 6.07) is 19.0. The molecule has 0 atom stereocenters. The Labute approximate surface area is 198 Å². The molecule has 3 aromatic rings. The topological polar surface area (TPSA) is 38.3 Å². The van der Waals surface area contributed by atoms with Crippen LogP contribution < -0.4 is 10.1 Å². The van der Waals surface area contributed by atoms with E-state index in [1.807, 2.05) is 62.4 Å². The zero-order chi connectivity index (χ0) is 23.8. The molecule has 1 N–H and O–H groups in total. The van der Waals surface area contributed by atoms with Crippen molar-refractivity contribution in [3.05, 3.63) is 89.5 Å². The van der Waals surface area contributed by atoms with Gasteiger partial charge in [-0.15, -0.1) is 11.8 Å². The fraction of sp³-hybridized carbons (Fsp3) is 0.296. The molecule has 3 nitrogen and oxygen atoms in total. The highest BCUT2D eigenvalue weighted by Gasteiger charge is 2.21. The number of nitrogens with one attached hydrogen (secondary N) is 1. The number of thioether (sulfide) groups is 1. The van der Waals surface area contributed by atoms with Crippen molar-refractivity contribution in [3.63, 3.8) is 0 Å². The summed E-state index contributed by atoms with van der Waals surface area (Å²) in [5.41, 5.74) is 2.17. The fourth-order valence-corrected chi connectivity index (χ4v) is 4.03. The summed E-state index contributed by atoms with van der Waals surface area (Å²) in [5.74, 6) is -0.340. The minimum absolute atomic E-state index is 0.0400. The molecule has 0 aromatic heterocycles. The third-order valence-corrected chi connectivity index (χ3v) is 6.03. The highest BCUT2D eigenvalue weighted by molar-refractivity contribution is 7.99. The zero-order valence-corrected chi connectivity index (χ0v) is 20.0. The molecule has 0 unspecified atom stereocenters. The van der Waals surface area contributed by atoms with Crippen molar-refractivity contribution in [1.82, 2.24) is 0 Å². The second-order valence-corrected chi connectivity index (χ2v) is 9.77. The molecule has 0 fully saturated rings. The van der Waals surface area contributed by atoms with Crippen molar-refractivity contribution < 1.29 is 18.3 Å². The van der Waals surface area contributed by atoms with Crippen molar-refractivity contribution in [3.8, 4) is 5.75 Å². The number of hydrogen-bond acceptors (Lipinski definition) is 3. The Kier molecular flexibility index (Phi) is 8.50. The maximum absolute atomic E-state index is 13.9. The quantitative estimate of drug-likeness (QED) is 0.323. The number of carbonyl (C=O) groups excluding carboxylic acids is 1. The first-order chi connectivity index (χ1) is 15.7. The number of aryl methyl sites for hydroxylation is 1. The Bertz CT molecular complexity index is 1070. The van der Waals surface area contributed by atoms with Gasteiger partial charge in [0.1, 0.15) is 11.4 Å². The number of ether oxygens (including phenoxy) is 1. The summed E-state index contributed by atoms with van der Waals surface area (Å²) in [6.45, 7) is 5.86. The number of anilines is 1. The van der Waals surface area contributed by atoms with E-state index in [2.05, 4.69) is 12.2 Å². The van der Waals surface area contributed by atoms with Crippen LogP contribution in [0.4, 0.5) is 14.5 Å². The molecule has 3 rings (SSSR count). The van der Waals surface area contributed by atoms with Crippen LogP contribution in [0.5, 0.6) is 5.75 Å². The summed E-state index contributed by atoms with van der Waals surface area (Å²) in [6.07, 6.45) is 1.68. The first kappa shape index (κ1) is 24.8. The van der Waals surface area contributed by atoms with Crippen molar-refractivity contribution in [2.75, 3.05) is 11.1 Å². The molecule has 0 spiro atoms. The number of carbonyl (C=O) groups is 1. The van der Waals surface area contributed by atoms with Gasteiger partial charge in [0.15, 0.2) is 11.6 Å². The molecular weight excluding hydrogens is 440 g/mol. The van der Waals surface area contributed by atoms with Gasteiger partial charge in [-0.3, -0.25) is 4.79 Å². The van der Waals surface area contributed by atoms with E-state index in [0.29, 0.717) is 19.3 Å². The molecule has 0 heterocycles. The van der Waals surface area contributed by atoms with Crippen LogP contribution in [0.2, 0.25) is 0 Å². The summed E-state index contributed by atoms with van der Waals surface area (Å²) >= 11 is 1.77. The van der Waals surface area contributed by atoms with Crippen molar-refractivity contribution in [1.29, 1.82) is 0 Å². The smallest absolute Gasteiger partial charge is 0.228 e. The van der Waals surface area contributed by atoms with Crippen molar-refractivity contribution >= 4 is 23.4 Å². The van der Waals surface area contributed by atoms with Gasteiger partial charge in [0, 0.05) is 16.6 Å². The SMILES string of the molecule is CCSc1ccc(CC(=O)Nc2ccc(CCC(C)(C)Oc3ccc(F)cc3F)cc2)cc1. The van der Waals surface area contributed by atoms with Gasteiger partial charge >= 0.3 is 0 Å². The van der Waals surface area contributed by atoms with E-state index in [1.54, 1.807) is 11.8 Å². The van der Waals surface area contributed by atoms with Gasteiger partial charge in [0.25, 0.3) is 0 Å². The second kappa shape index (κ2) is 11.3. The first-order valence-corrected chi connectivity index (χ1v) is 12.0. The van der Waals surface area contributed by atoms with Crippen LogP contribution in [0.1, 0.15) is 38.3 Å². The van der Waals surface area contributed by atoms with E-state index in [1.165, 1.54) is 17.0 Å². The lowest BCUT2D eigenvalue weighted by atomic mass is 9.98. The Hall–Kier alpha value is -2.86. The Balaban J connectivity index is 1.49. The standard InChI is InChI=1S/C27H29F2NO2S/c1-4-33-23-12-7-20(8-13-23)17-26(31)30-22-10-5-19(6-11-22)15-16-27(2,3)32-25-14-9-21(28)18-24(25)29/h5-14,18H,4,15-17H2,1-3H3,(H,30,31). The average Bonchev–Trinajstić information content (AvgIpc) is 2.77. The van der Waals surface area contributed by atoms with Crippen LogP contribution in [0, 0.1) is 11.6 Å². The molecular formula is C27H29F2NO2S. The molecule has 0 aliphatic carbocycles. The molecule has 0 saturated carbocycles. The first-order valence-electron chi connectivity index (χ1n) is 11.0. The van der Waals surface area contributed by atoms with E-state index in [9.17, 15) is 13.6 Å². The van der Waals surface area contributed by atoms with Gasteiger partial charge in [0.05, 0.1) is 6.42 Å². The van der Waals surface area contributed by atoms with E-state index in [0.717, 1.165) is 28.6 Å². The van der Waals surface area contributed by atoms with Gasteiger partial charge in [-0.25, -0.2) is 8.78 Å². The minimum Gasteiger partial charge on any atom is -0.485 e. The van der Waals surface area contributed by atoms with Crippen LogP contribution in [0.25, 0.3) is 0 Å². The van der Waals surface area contributed by atoms with Crippen LogP contribution >= 0.6 is 11.8 Å². The van der Waals surface area contributed by atoms with Crippen molar-refractivity contribution in [2.24, 2.45) is 0 Å². The van der Waals surface area contributed by atoms with Gasteiger partial charge in [0.2, 0.25) is 5.91 Å². The van der Waals surface area contributed by atoms with E-state index >= 15 is 0 Å². The lowest BCUT2D eigenvalue weighted by Crippen LogP contribution is -2.29. The Morgan fingerprint density at radius 2 is 1.64 bits per heavy atom. The molecule has 0 aliphatic heterocycles. The number of hydrogen-bond donors (Lipinski definition) is 1. The molecule has 33 heavy (non-hydrogen) atoms. The molecule has 0 saturated heterocycles. The number of rotatable bonds is 10. The second-order valence-electron chi connectivity index (χ2n) is 8.44.